The summed E-state index contributed by atoms with van der Waals surface area (Å²) < 4.78 is 5.09. The van der Waals surface area contributed by atoms with E-state index in [1.807, 2.05) is 0 Å². The number of hydrogen-bond donors (Lipinski definition) is 2. The number of rotatable bonds is 4. The molecule has 0 saturated carbocycles. The molecule has 0 saturated heterocycles. The molecule has 0 bridgehead atoms. The van der Waals surface area contributed by atoms with Crippen LogP contribution >= 0.6 is 23.6 Å². The molecule has 0 aliphatic heterocycles. The van der Waals surface area contributed by atoms with E-state index in [-0.39, 0.29) is 16.9 Å². The Morgan fingerprint density at radius 1 is 1.11 bits per heavy atom. The Labute approximate surface area is 173 Å². The van der Waals surface area contributed by atoms with Gasteiger partial charge in [-0.1, -0.05) is 33.6 Å². The number of anilines is 1. The Balaban J connectivity index is 2.23. The van der Waals surface area contributed by atoms with E-state index in [9.17, 15) is 4.79 Å². The quantitative estimate of drug-likeness (QED) is 0.493. The normalized spacial score (nSPS) is 15.3. The summed E-state index contributed by atoms with van der Waals surface area (Å²) in [5.41, 5.74) is 1.89. The average Bonchev–Trinajstić information content (AvgIpc) is 2.79. The van der Waals surface area contributed by atoms with Crippen molar-refractivity contribution < 1.29 is 9.53 Å². The van der Waals surface area contributed by atoms with Crippen molar-refractivity contribution in [1.29, 1.82) is 0 Å². The zero-order valence-corrected chi connectivity index (χ0v) is 19.2. The Morgan fingerprint density at radius 3 is 2.33 bits per heavy atom. The highest BCUT2D eigenvalue weighted by Gasteiger charge is 2.28. The van der Waals surface area contributed by atoms with Gasteiger partial charge in [-0.2, -0.15) is 0 Å². The highest BCUT2D eigenvalue weighted by Crippen LogP contribution is 2.37. The standard InChI is InChI=1S/C21H34N2O2S2/c1-20(2,3)13-21(4,5)23-19(26)22-17-16(18(24)25-6)14-11-9-7-8-10-12-15(14)27-17/h7-13H2,1-6H3,(H2,22,23,26). The first-order valence-corrected chi connectivity index (χ1v) is 11.1. The molecular formula is C21H34N2O2S2. The van der Waals surface area contributed by atoms with Gasteiger partial charge in [0.2, 0.25) is 0 Å². The van der Waals surface area contributed by atoms with Gasteiger partial charge in [0.1, 0.15) is 5.00 Å². The van der Waals surface area contributed by atoms with Gasteiger partial charge >= 0.3 is 5.97 Å². The van der Waals surface area contributed by atoms with Crippen LogP contribution in [-0.4, -0.2) is 23.7 Å². The van der Waals surface area contributed by atoms with Gasteiger partial charge in [-0.15, -0.1) is 11.3 Å². The third-order valence-electron chi connectivity index (χ3n) is 4.71. The highest BCUT2D eigenvalue weighted by molar-refractivity contribution is 7.80. The van der Waals surface area contributed by atoms with Gasteiger partial charge in [0.05, 0.1) is 12.7 Å². The first-order chi connectivity index (χ1) is 12.5. The maximum absolute atomic E-state index is 12.5. The molecule has 1 aliphatic carbocycles. The maximum atomic E-state index is 12.5. The monoisotopic (exact) mass is 410 g/mol. The number of methoxy groups -OCH3 is 1. The largest absolute Gasteiger partial charge is 0.465 e. The third kappa shape index (κ3) is 6.46. The zero-order chi connectivity index (χ0) is 20.2. The van der Waals surface area contributed by atoms with Crippen molar-refractivity contribution >= 4 is 39.6 Å². The molecule has 0 amide bonds. The van der Waals surface area contributed by atoms with Crippen molar-refractivity contribution in [2.75, 3.05) is 12.4 Å². The lowest BCUT2D eigenvalue weighted by Crippen LogP contribution is -2.47. The summed E-state index contributed by atoms with van der Waals surface area (Å²) in [6.45, 7) is 11.0. The van der Waals surface area contributed by atoms with E-state index in [1.165, 1.54) is 31.2 Å². The molecule has 27 heavy (non-hydrogen) atoms. The van der Waals surface area contributed by atoms with Crippen LogP contribution < -0.4 is 10.6 Å². The van der Waals surface area contributed by atoms with Gasteiger partial charge in [-0.25, -0.2) is 4.79 Å². The van der Waals surface area contributed by atoms with Crippen molar-refractivity contribution in [2.24, 2.45) is 5.41 Å². The van der Waals surface area contributed by atoms with E-state index < -0.39 is 0 Å². The predicted molar refractivity (Wildman–Crippen MR) is 119 cm³/mol. The van der Waals surface area contributed by atoms with Crippen molar-refractivity contribution in [3.63, 3.8) is 0 Å². The van der Waals surface area contributed by atoms with Gasteiger partial charge < -0.3 is 15.4 Å². The summed E-state index contributed by atoms with van der Waals surface area (Å²) >= 11 is 7.24. The first-order valence-electron chi connectivity index (χ1n) is 9.84. The number of esters is 1. The van der Waals surface area contributed by atoms with Crippen molar-refractivity contribution in [2.45, 2.75) is 85.1 Å². The van der Waals surface area contributed by atoms with Crippen LogP contribution in [0.3, 0.4) is 0 Å². The minimum Gasteiger partial charge on any atom is -0.465 e. The van der Waals surface area contributed by atoms with E-state index in [1.54, 1.807) is 11.3 Å². The molecule has 6 heteroatoms. The summed E-state index contributed by atoms with van der Waals surface area (Å²) in [5.74, 6) is -0.271. The molecule has 4 nitrogen and oxygen atoms in total. The summed E-state index contributed by atoms with van der Waals surface area (Å²) in [7, 11) is 1.45. The molecule has 0 aromatic carbocycles. The zero-order valence-electron chi connectivity index (χ0n) is 17.6. The van der Waals surface area contributed by atoms with Crippen molar-refractivity contribution in [1.82, 2.24) is 5.32 Å². The Kier molecular flexibility index (Phi) is 7.31. The minimum atomic E-state index is -0.271. The molecule has 0 spiro atoms. The fourth-order valence-corrected chi connectivity index (χ4v) is 5.86. The van der Waals surface area contributed by atoms with Crippen LogP contribution in [0.25, 0.3) is 0 Å². The van der Waals surface area contributed by atoms with Crippen molar-refractivity contribution in [3.8, 4) is 0 Å². The van der Waals surface area contributed by atoms with Crippen molar-refractivity contribution in [3.05, 3.63) is 16.0 Å². The Bertz CT molecular complexity index is 687. The third-order valence-corrected chi connectivity index (χ3v) is 6.12. The lowest BCUT2D eigenvalue weighted by atomic mass is 9.82. The van der Waals surface area contributed by atoms with Gasteiger partial charge in [0.25, 0.3) is 0 Å². The van der Waals surface area contributed by atoms with Crippen LogP contribution in [0.5, 0.6) is 0 Å². The molecule has 1 aromatic rings. The minimum absolute atomic E-state index is 0.139. The molecular weight excluding hydrogens is 376 g/mol. The lowest BCUT2D eigenvalue weighted by Gasteiger charge is -2.34. The number of thiophene rings is 1. The second-order valence-corrected chi connectivity index (χ2v) is 10.8. The number of ether oxygens (including phenoxy) is 1. The number of thiocarbonyl (C=S) groups is 1. The maximum Gasteiger partial charge on any atom is 0.341 e. The molecule has 2 N–H and O–H groups in total. The van der Waals surface area contributed by atoms with Crippen LogP contribution in [0.2, 0.25) is 0 Å². The van der Waals surface area contributed by atoms with Gasteiger partial charge in [0.15, 0.2) is 5.11 Å². The fraction of sp³-hybridized carbons (Fsp3) is 0.714. The van der Waals surface area contributed by atoms with E-state index >= 15 is 0 Å². The molecule has 0 unspecified atom stereocenters. The number of fused-ring (bicyclic) bond motifs is 1. The Hall–Kier alpha value is -1.14. The predicted octanol–water partition coefficient (Wildman–Crippen LogP) is 5.69. The average molecular weight is 411 g/mol. The number of hydrogen-bond acceptors (Lipinski definition) is 4. The van der Waals surface area contributed by atoms with Crippen LogP contribution in [0.1, 0.15) is 87.5 Å². The van der Waals surface area contributed by atoms with E-state index in [0.29, 0.717) is 10.7 Å². The van der Waals surface area contributed by atoms with Gasteiger partial charge in [-0.05, 0) is 69.1 Å². The molecule has 152 valence electrons. The molecule has 1 aromatic heterocycles. The van der Waals surface area contributed by atoms with E-state index in [4.69, 9.17) is 17.0 Å². The fourth-order valence-electron chi connectivity index (χ4n) is 4.14. The van der Waals surface area contributed by atoms with Gasteiger partial charge in [0, 0.05) is 10.4 Å². The van der Waals surface area contributed by atoms with Crippen LogP contribution in [0, 0.1) is 5.41 Å². The summed E-state index contributed by atoms with van der Waals surface area (Å²) in [6, 6.07) is 0. The van der Waals surface area contributed by atoms with Gasteiger partial charge in [-0.3, -0.25) is 0 Å². The summed E-state index contributed by atoms with van der Waals surface area (Å²) in [5, 5.41) is 8.11. The van der Waals surface area contributed by atoms with Crippen LogP contribution in [0.4, 0.5) is 5.00 Å². The van der Waals surface area contributed by atoms with E-state index in [0.717, 1.165) is 36.2 Å². The van der Waals surface area contributed by atoms with Crippen LogP contribution in [-0.2, 0) is 17.6 Å². The molecule has 0 atom stereocenters. The number of nitrogens with one attached hydrogen (secondary N) is 2. The number of carbonyl (C=O) groups is 1. The van der Waals surface area contributed by atoms with E-state index in [2.05, 4.69) is 45.3 Å². The van der Waals surface area contributed by atoms with Crippen LogP contribution in [0.15, 0.2) is 0 Å². The number of aryl methyl sites for hydroxylation is 1. The molecule has 0 radical (unpaired) electrons. The SMILES string of the molecule is COC(=O)c1c(NC(=S)NC(C)(C)CC(C)(C)C)sc2c1CCCCCC2. The molecule has 1 aliphatic rings. The first kappa shape index (κ1) is 22.2. The second-order valence-electron chi connectivity index (χ2n) is 9.31. The lowest BCUT2D eigenvalue weighted by molar-refractivity contribution is 0.0601. The topological polar surface area (TPSA) is 50.4 Å². The second kappa shape index (κ2) is 8.91. The molecule has 1 heterocycles. The molecule has 0 fully saturated rings. The Morgan fingerprint density at radius 2 is 1.74 bits per heavy atom. The molecule has 2 rings (SSSR count). The summed E-state index contributed by atoms with van der Waals surface area (Å²) in [6.07, 6.45) is 7.72. The smallest absolute Gasteiger partial charge is 0.341 e. The number of carbonyl (C=O) groups excluding carboxylic acids is 1. The highest BCUT2D eigenvalue weighted by atomic mass is 32.1. The summed E-state index contributed by atoms with van der Waals surface area (Å²) in [4.78, 5) is 13.8.